The number of hydrogen-bond donors (Lipinski definition) is 1. The Morgan fingerprint density at radius 1 is 1.15 bits per heavy atom. The summed E-state index contributed by atoms with van der Waals surface area (Å²) in [4.78, 5) is 17.4. The van der Waals surface area contributed by atoms with Gasteiger partial charge in [0.1, 0.15) is 5.82 Å². The molecular formula is C25H31FN4O3. The van der Waals surface area contributed by atoms with Crippen LogP contribution in [0.3, 0.4) is 0 Å². The van der Waals surface area contributed by atoms with E-state index in [2.05, 4.69) is 10.1 Å². The Labute approximate surface area is 192 Å². The van der Waals surface area contributed by atoms with Gasteiger partial charge in [-0.3, -0.25) is 4.79 Å². The van der Waals surface area contributed by atoms with Gasteiger partial charge in [0, 0.05) is 43.2 Å². The van der Waals surface area contributed by atoms with Gasteiger partial charge in [-0.25, -0.2) is 4.39 Å². The molecule has 8 heteroatoms. The number of amides is 1. The van der Waals surface area contributed by atoms with Crippen LogP contribution in [-0.4, -0.2) is 63.3 Å². The number of nitrogens with zero attached hydrogens (tertiary/aromatic N) is 4. The molecule has 3 aromatic rings. The SMILES string of the molecule is CCn1ccc2c1C(O)CCN(CCCN1CCC(c3noc4cc(F)ccc34)CC1)C2=O. The van der Waals surface area contributed by atoms with E-state index in [0.29, 0.717) is 36.6 Å². The summed E-state index contributed by atoms with van der Waals surface area (Å²) in [6.07, 6.45) is 4.76. The summed E-state index contributed by atoms with van der Waals surface area (Å²) in [5.74, 6) is 0.0426. The first-order valence-electron chi connectivity index (χ1n) is 12.0. The standard InChI is InChI=1S/C25H31FN4O3/c1-2-29-14-8-20-24(29)21(31)9-15-30(25(20)32)11-3-10-28-12-6-17(7-13-28)23-19-5-4-18(26)16-22(19)33-27-23/h4-5,8,14,16-17,21,31H,2-3,6-7,9-13,15H2,1H3. The summed E-state index contributed by atoms with van der Waals surface area (Å²) in [5.41, 5.74) is 2.85. The molecule has 33 heavy (non-hydrogen) atoms. The second kappa shape index (κ2) is 9.27. The minimum atomic E-state index is -0.591. The lowest BCUT2D eigenvalue weighted by atomic mass is 9.91. The summed E-state index contributed by atoms with van der Waals surface area (Å²) in [6.45, 7) is 6.92. The highest BCUT2D eigenvalue weighted by molar-refractivity contribution is 5.96. The molecule has 2 aliphatic rings. The second-order valence-corrected chi connectivity index (χ2v) is 9.18. The van der Waals surface area contributed by atoms with E-state index in [-0.39, 0.29) is 11.7 Å². The van der Waals surface area contributed by atoms with Gasteiger partial charge in [0.15, 0.2) is 5.58 Å². The average molecular weight is 455 g/mol. The predicted molar refractivity (Wildman–Crippen MR) is 123 cm³/mol. The summed E-state index contributed by atoms with van der Waals surface area (Å²) >= 11 is 0. The van der Waals surface area contributed by atoms with Gasteiger partial charge >= 0.3 is 0 Å². The van der Waals surface area contributed by atoms with Crippen molar-refractivity contribution in [2.75, 3.05) is 32.7 Å². The predicted octanol–water partition coefficient (Wildman–Crippen LogP) is 3.94. The maximum Gasteiger partial charge on any atom is 0.255 e. The largest absolute Gasteiger partial charge is 0.387 e. The normalized spacial score (nSPS) is 20.4. The monoisotopic (exact) mass is 454 g/mol. The van der Waals surface area contributed by atoms with Crippen molar-refractivity contribution in [1.82, 2.24) is 19.5 Å². The number of aliphatic hydroxyl groups excluding tert-OH is 1. The minimum absolute atomic E-state index is 0.0294. The lowest BCUT2D eigenvalue weighted by Gasteiger charge is -2.31. The van der Waals surface area contributed by atoms with Gasteiger partial charge < -0.3 is 24.0 Å². The zero-order valence-corrected chi connectivity index (χ0v) is 19.0. The Hall–Kier alpha value is -2.71. The van der Waals surface area contributed by atoms with Crippen molar-refractivity contribution < 1.29 is 18.8 Å². The molecule has 176 valence electrons. The molecule has 1 saturated heterocycles. The number of rotatable bonds is 6. The number of hydrogen-bond acceptors (Lipinski definition) is 5. The fraction of sp³-hybridized carbons (Fsp3) is 0.520. The van der Waals surface area contributed by atoms with Gasteiger partial charge in [0.2, 0.25) is 0 Å². The minimum Gasteiger partial charge on any atom is -0.387 e. The lowest BCUT2D eigenvalue weighted by Crippen LogP contribution is -2.37. The highest BCUT2D eigenvalue weighted by Crippen LogP contribution is 2.33. The average Bonchev–Trinajstić information content (AvgIpc) is 3.42. The number of aliphatic hydroxyl groups is 1. The molecule has 0 bridgehead atoms. The number of fused-ring (bicyclic) bond motifs is 2. The first-order chi connectivity index (χ1) is 16.0. The first-order valence-corrected chi connectivity index (χ1v) is 12.0. The molecule has 1 aromatic carbocycles. The number of carbonyl (C=O) groups is 1. The van der Waals surface area contributed by atoms with Crippen LogP contribution >= 0.6 is 0 Å². The smallest absolute Gasteiger partial charge is 0.255 e. The molecule has 0 aliphatic carbocycles. The molecule has 1 N–H and O–H groups in total. The summed E-state index contributed by atoms with van der Waals surface area (Å²) in [6, 6.07) is 6.46. The second-order valence-electron chi connectivity index (χ2n) is 9.18. The number of aryl methyl sites for hydroxylation is 1. The van der Waals surface area contributed by atoms with E-state index in [0.717, 1.165) is 62.2 Å². The molecule has 1 amide bonds. The van der Waals surface area contributed by atoms with Gasteiger partial charge in [-0.15, -0.1) is 0 Å². The molecular weight excluding hydrogens is 423 g/mol. The molecule has 0 spiro atoms. The fourth-order valence-electron chi connectivity index (χ4n) is 5.35. The van der Waals surface area contributed by atoms with E-state index in [1.54, 1.807) is 6.07 Å². The highest BCUT2D eigenvalue weighted by atomic mass is 19.1. The third-order valence-electron chi connectivity index (χ3n) is 7.19. The molecule has 0 saturated carbocycles. The van der Waals surface area contributed by atoms with Crippen LogP contribution in [0.2, 0.25) is 0 Å². The van der Waals surface area contributed by atoms with Gasteiger partial charge in [-0.1, -0.05) is 5.16 Å². The van der Waals surface area contributed by atoms with Crippen molar-refractivity contribution in [2.24, 2.45) is 0 Å². The van der Waals surface area contributed by atoms with Crippen molar-refractivity contribution >= 4 is 16.9 Å². The van der Waals surface area contributed by atoms with Crippen LogP contribution in [-0.2, 0) is 6.54 Å². The van der Waals surface area contributed by atoms with E-state index >= 15 is 0 Å². The molecule has 2 aromatic heterocycles. The molecule has 2 aliphatic heterocycles. The number of aromatic nitrogens is 2. The number of benzene rings is 1. The van der Waals surface area contributed by atoms with Gasteiger partial charge in [-0.05, 0) is 70.4 Å². The Kier molecular flexibility index (Phi) is 6.21. The Morgan fingerprint density at radius 2 is 1.97 bits per heavy atom. The molecule has 1 fully saturated rings. The Bertz CT molecular complexity index is 1130. The van der Waals surface area contributed by atoms with E-state index in [4.69, 9.17) is 4.52 Å². The van der Waals surface area contributed by atoms with E-state index < -0.39 is 6.10 Å². The maximum atomic E-state index is 13.4. The number of piperidine rings is 1. The van der Waals surface area contributed by atoms with E-state index in [1.807, 2.05) is 28.7 Å². The number of likely N-dealkylation sites (tertiary alicyclic amines) is 1. The van der Waals surface area contributed by atoms with Crippen LogP contribution in [0.1, 0.15) is 66.4 Å². The van der Waals surface area contributed by atoms with Crippen LogP contribution in [0.15, 0.2) is 35.0 Å². The van der Waals surface area contributed by atoms with Crippen molar-refractivity contribution in [2.45, 2.75) is 51.2 Å². The zero-order chi connectivity index (χ0) is 22.9. The molecule has 5 rings (SSSR count). The first kappa shape index (κ1) is 22.1. The van der Waals surface area contributed by atoms with Crippen LogP contribution < -0.4 is 0 Å². The van der Waals surface area contributed by atoms with Crippen molar-refractivity contribution in [3.05, 3.63) is 53.2 Å². The van der Waals surface area contributed by atoms with Crippen LogP contribution in [0, 0.1) is 5.82 Å². The van der Waals surface area contributed by atoms with Crippen LogP contribution in [0.25, 0.3) is 11.0 Å². The molecule has 7 nitrogen and oxygen atoms in total. The third kappa shape index (κ3) is 4.29. The quantitative estimate of drug-likeness (QED) is 0.611. The zero-order valence-electron chi connectivity index (χ0n) is 19.0. The van der Waals surface area contributed by atoms with Crippen molar-refractivity contribution in [3.63, 3.8) is 0 Å². The van der Waals surface area contributed by atoms with Crippen molar-refractivity contribution in [1.29, 1.82) is 0 Å². The van der Waals surface area contributed by atoms with Gasteiger partial charge in [0.25, 0.3) is 5.91 Å². The van der Waals surface area contributed by atoms with Crippen LogP contribution in [0.4, 0.5) is 4.39 Å². The summed E-state index contributed by atoms with van der Waals surface area (Å²) < 4.78 is 20.7. The summed E-state index contributed by atoms with van der Waals surface area (Å²) in [7, 11) is 0. The van der Waals surface area contributed by atoms with Crippen molar-refractivity contribution in [3.8, 4) is 0 Å². The summed E-state index contributed by atoms with van der Waals surface area (Å²) in [5, 5.41) is 15.7. The molecule has 0 radical (unpaired) electrons. The number of halogens is 1. The maximum absolute atomic E-state index is 13.4. The van der Waals surface area contributed by atoms with Gasteiger partial charge in [0.05, 0.1) is 23.1 Å². The Morgan fingerprint density at radius 3 is 2.76 bits per heavy atom. The van der Waals surface area contributed by atoms with Crippen LogP contribution in [0.5, 0.6) is 0 Å². The third-order valence-corrected chi connectivity index (χ3v) is 7.19. The molecule has 4 heterocycles. The Balaban J connectivity index is 1.14. The highest BCUT2D eigenvalue weighted by Gasteiger charge is 2.30. The lowest BCUT2D eigenvalue weighted by molar-refractivity contribution is 0.0736. The fourth-order valence-corrected chi connectivity index (χ4v) is 5.35. The van der Waals surface area contributed by atoms with Gasteiger partial charge in [-0.2, -0.15) is 0 Å². The van der Waals surface area contributed by atoms with E-state index in [9.17, 15) is 14.3 Å². The topological polar surface area (TPSA) is 74.7 Å². The molecule has 1 atom stereocenters. The van der Waals surface area contributed by atoms with E-state index in [1.165, 1.54) is 12.1 Å². The number of carbonyl (C=O) groups excluding carboxylic acids is 1. The molecule has 1 unspecified atom stereocenters.